The highest BCUT2D eigenvalue weighted by Gasteiger charge is 3.11. The van der Waals surface area contributed by atoms with Gasteiger partial charge in [0.1, 0.15) is 0 Å². The molecule has 0 bridgehead atoms. The van der Waals surface area contributed by atoms with Crippen LogP contribution in [0.5, 0.6) is 0 Å². The second-order valence-corrected chi connectivity index (χ2v) is 8.11. The number of non-ortho nitro benzene ring substituents is 1. The van der Waals surface area contributed by atoms with Crippen molar-refractivity contribution in [3.63, 3.8) is 0 Å². The second-order valence-electron chi connectivity index (χ2n) is 8.11. The van der Waals surface area contributed by atoms with Gasteiger partial charge in [0, 0.05) is 17.5 Å². The first-order valence-electron chi connectivity index (χ1n) is 8.49. The lowest BCUT2D eigenvalue weighted by Gasteiger charge is -3.10. The molecule has 7 rings (SSSR count). The van der Waals surface area contributed by atoms with Crippen LogP contribution in [0.15, 0.2) is 24.3 Å². The summed E-state index contributed by atoms with van der Waals surface area (Å²) in [7, 11) is 1.50. The number of nitrogens with zero attached hydrogens (tertiary/aromatic N) is 1. The number of nitro groups is 1. The fraction of sp³-hybridized carbons (Fsp3) is 0.611. The third-order valence-electron chi connectivity index (χ3n) is 8.12. The average Bonchev–Trinajstić information content (AvgIpc) is 2.61. The molecule has 0 saturated heterocycles. The Morgan fingerprint density at radius 3 is 2.46 bits per heavy atom. The van der Waals surface area contributed by atoms with Crippen LogP contribution in [0.1, 0.15) is 5.56 Å². The normalized spacial score (nSPS) is 49.5. The quantitative estimate of drug-likeness (QED) is 0.454. The fourth-order valence-corrected chi connectivity index (χ4v) is 7.73. The Morgan fingerprint density at radius 1 is 1.21 bits per heavy atom. The van der Waals surface area contributed by atoms with Gasteiger partial charge in [0.25, 0.3) is 5.69 Å². The van der Waals surface area contributed by atoms with Crippen molar-refractivity contribution in [2.45, 2.75) is 6.61 Å². The highest BCUT2D eigenvalue weighted by atomic mass is 16.6. The smallest absolute Gasteiger partial charge is 0.312 e. The monoisotopic (exact) mass is 327 g/mol. The van der Waals surface area contributed by atoms with E-state index in [0.29, 0.717) is 47.5 Å². The standard InChI is InChI=1S/C18H17NO5/c1-23-16(20)18-13-10-14(18)12-15(18)11(13)17(10,12)7-24-6-8-3-2-4-9(5-8)19(21)22/h2-5,10-15H,6-7H2,1H3. The molecule has 6 aliphatic rings. The van der Waals surface area contributed by atoms with Crippen LogP contribution in [0.25, 0.3) is 0 Å². The van der Waals surface area contributed by atoms with Gasteiger partial charge < -0.3 is 9.47 Å². The summed E-state index contributed by atoms with van der Waals surface area (Å²) < 4.78 is 11.0. The van der Waals surface area contributed by atoms with Crippen molar-refractivity contribution in [1.82, 2.24) is 0 Å². The van der Waals surface area contributed by atoms with Gasteiger partial charge in [-0.25, -0.2) is 0 Å². The number of rotatable bonds is 6. The summed E-state index contributed by atoms with van der Waals surface area (Å²) in [5.74, 6) is 3.71. The summed E-state index contributed by atoms with van der Waals surface area (Å²) in [5.41, 5.74) is 1.19. The zero-order chi connectivity index (χ0) is 16.4. The Balaban J connectivity index is 1.11. The Morgan fingerprint density at radius 2 is 1.88 bits per heavy atom. The van der Waals surface area contributed by atoms with E-state index in [1.165, 1.54) is 13.2 Å². The van der Waals surface area contributed by atoms with Gasteiger partial charge >= 0.3 is 5.97 Å². The molecule has 6 heteroatoms. The lowest BCUT2D eigenvalue weighted by atomic mass is 8.92. The van der Waals surface area contributed by atoms with Crippen molar-refractivity contribution in [3.05, 3.63) is 39.9 Å². The van der Waals surface area contributed by atoms with E-state index in [-0.39, 0.29) is 22.0 Å². The number of carbonyl (C=O) groups excluding carboxylic acids is 1. The number of hydrogen-bond donors (Lipinski definition) is 0. The molecular formula is C18H17NO5. The fourth-order valence-electron chi connectivity index (χ4n) is 7.73. The van der Waals surface area contributed by atoms with Crippen LogP contribution >= 0.6 is 0 Å². The van der Waals surface area contributed by atoms with Crippen LogP contribution in [0.4, 0.5) is 5.69 Å². The molecule has 0 radical (unpaired) electrons. The van der Waals surface area contributed by atoms with Gasteiger partial charge in [-0.3, -0.25) is 14.9 Å². The van der Waals surface area contributed by atoms with Gasteiger partial charge in [0.15, 0.2) is 0 Å². The molecule has 24 heavy (non-hydrogen) atoms. The second kappa shape index (κ2) is 3.67. The van der Waals surface area contributed by atoms with Crippen molar-refractivity contribution in [3.8, 4) is 0 Å². The van der Waals surface area contributed by atoms with E-state index in [1.54, 1.807) is 12.1 Å². The largest absolute Gasteiger partial charge is 0.469 e. The van der Waals surface area contributed by atoms with Crippen molar-refractivity contribution in [2.24, 2.45) is 46.3 Å². The van der Waals surface area contributed by atoms with E-state index in [9.17, 15) is 14.9 Å². The Labute approximate surface area is 138 Å². The molecule has 0 aliphatic heterocycles. The molecule has 6 aliphatic carbocycles. The summed E-state index contributed by atoms with van der Waals surface area (Å²) in [4.78, 5) is 22.5. The number of carbonyl (C=O) groups is 1. The molecule has 0 N–H and O–H groups in total. The molecule has 6 fully saturated rings. The van der Waals surface area contributed by atoms with Crippen LogP contribution in [0.2, 0.25) is 0 Å². The third kappa shape index (κ3) is 0.960. The maximum absolute atomic E-state index is 12.1. The molecule has 0 spiro atoms. The zero-order valence-corrected chi connectivity index (χ0v) is 13.2. The van der Waals surface area contributed by atoms with E-state index < -0.39 is 0 Å². The molecule has 0 unspecified atom stereocenters. The van der Waals surface area contributed by atoms with Crippen molar-refractivity contribution in [1.29, 1.82) is 0 Å². The molecule has 124 valence electrons. The van der Waals surface area contributed by atoms with Gasteiger partial charge in [-0.1, -0.05) is 12.1 Å². The van der Waals surface area contributed by atoms with Crippen molar-refractivity contribution < 1.29 is 19.2 Å². The lowest BCUT2D eigenvalue weighted by molar-refractivity contribution is -0.647. The molecule has 1 aromatic carbocycles. The van der Waals surface area contributed by atoms with E-state index >= 15 is 0 Å². The average molecular weight is 327 g/mol. The molecule has 0 aromatic heterocycles. The minimum Gasteiger partial charge on any atom is -0.469 e. The van der Waals surface area contributed by atoms with E-state index in [1.807, 2.05) is 6.07 Å². The van der Waals surface area contributed by atoms with Crippen LogP contribution in [0, 0.1) is 56.5 Å². The highest BCUT2D eigenvalue weighted by molar-refractivity contribution is 5.88. The Bertz CT molecular complexity index is 764. The summed E-state index contributed by atoms with van der Waals surface area (Å²) in [6.07, 6.45) is 0. The van der Waals surface area contributed by atoms with Crippen LogP contribution in [-0.2, 0) is 20.9 Å². The minimum atomic E-state index is -0.381. The first-order chi connectivity index (χ1) is 11.6. The number of ether oxygens (including phenoxy) is 2. The number of methoxy groups -OCH3 is 1. The van der Waals surface area contributed by atoms with E-state index in [2.05, 4.69) is 0 Å². The molecule has 0 heterocycles. The van der Waals surface area contributed by atoms with Gasteiger partial charge in [-0.05, 0) is 41.1 Å². The molecule has 0 atom stereocenters. The predicted molar refractivity (Wildman–Crippen MR) is 80.6 cm³/mol. The van der Waals surface area contributed by atoms with Crippen LogP contribution in [-0.4, -0.2) is 24.6 Å². The maximum atomic E-state index is 12.1. The topological polar surface area (TPSA) is 78.7 Å². The molecule has 6 nitrogen and oxygen atoms in total. The molecular weight excluding hydrogens is 310 g/mol. The maximum Gasteiger partial charge on any atom is 0.312 e. The number of benzene rings is 1. The predicted octanol–water partition coefficient (Wildman–Crippen LogP) is 2.02. The lowest BCUT2D eigenvalue weighted by Crippen LogP contribution is -3.11. The van der Waals surface area contributed by atoms with Gasteiger partial charge in [0.2, 0.25) is 0 Å². The zero-order valence-electron chi connectivity index (χ0n) is 13.2. The summed E-state index contributed by atoms with van der Waals surface area (Å²) in [5, 5.41) is 10.8. The first-order valence-corrected chi connectivity index (χ1v) is 8.49. The van der Waals surface area contributed by atoms with E-state index in [0.717, 1.165) is 12.2 Å². The molecule has 1 aromatic rings. The number of hydrogen-bond acceptors (Lipinski definition) is 5. The van der Waals surface area contributed by atoms with Gasteiger partial charge in [-0.2, -0.15) is 0 Å². The minimum absolute atomic E-state index is 0.0251. The van der Waals surface area contributed by atoms with E-state index in [4.69, 9.17) is 9.47 Å². The molecule has 6 saturated carbocycles. The number of esters is 1. The Hall–Kier alpha value is -1.95. The van der Waals surface area contributed by atoms with Crippen LogP contribution < -0.4 is 0 Å². The van der Waals surface area contributed by atoms with Crippen LogP contribution in [0.3, 0.4) is 0 Å². The SMILES string of the molecule is COC(=O)C12C3C4C1C1C2C3C41COCc1cccc([N+](=O)[O-])c1. The summed E-state index contributed by atoms with van der Waals surface area (Å²) in [6, 6.07) is 6.62. The van der Waals surface area contributed by atoms with Crippen molar-refractivity contribution >= 4 is 11.7 Å². The third-order valence-corrected chi connectivity index (χ3v) is 8.12. The Kier molecular flexibility index (Phi) is 2.04. The molecule has 0 amide bonds. The summed E-state index contributed by atoms with van der Waals surface area (Å²) >= 11 is 0. The van der Waals surface area contributed by atoms with Gasteiger partial charge in [-0.15, -0.1) is 0 Å². The number of nitro benzene ring substituents is 1. The van der Waals surface area contributed by atoms with Gasteiger partial charge in [0.05, 0.1) is 30.7 Å². The first kappa shape index (κ1) is 13.4. The highest BCUT2D eigenvalue weighted by Crippen LogP contribution is 3.10. The summed E-state index contributed by atoms with van der Waals surface area (Å²) in [6.45, 7) is 1.15. The van der Waals surface area contributed by atoms with Crippen molar-refractivity contribution in [2.75, 3.05) is 13.7 Å².